The molecule has 0 saturated carbocycles. The van der Waals surface area contributed by atoms with Gasteiger partial charge in [-0.05, 0) is 17.7 Å². The first-order valence-corrected chi connectivity index (χ1v) is 8.09. The molecule has 1 aromatic heterocycles. The maximum absolute atomic E-state index is 12.0. The van der Waals surface area contributed by atoms with Gasteiger partial charge in [0.25, 0.3) is 0 Å². The van der Waals surface area contributed by atoms with Crippen LogP contribution in [0.15, 0.2) is 24.3 Å². The number of ether oxygens (including phenoxy) is 1. The first-order chi connectivity index (χ1) is 10.7. The number of nitrogens with one attached hydrogen (secondary N) is 2. The van der Waals surface area contributed by atoms with Crippen LogP contribution in [-0.2, 0) is 16.0 Å². The van der Waals surface area contributed by atoms with Gasteiger partial charge >= 0.3 is 0 Å². The van der Waals surface area contributed by atoms with Crippen molar-refractivity contribution in [3.05, 3.63) is 39.9 Å². The van der Waals surface area contributed by atoms with Crippen LogP contribution in [0.2, 0.25) is 5.02 Å². The molecule has 9 heteroatoms. The Labute approximate surface area is 149 Å². The highest BCUT2D eigenvalue weighted by atomic mass is 35.5. The van der Waals surface area contributed by atoms with E-state index in [0.717, 1.165) is 10.6 Å². The van der Waals surface area contributed by atoms with Gasteiger partial charge in [-0.1, -0.05) is 35.1 Å². The molecule has 0 spiro atoms. The number of amides is 1. The fourth-order valence-electron chi connectivity index (χ4n) is 2.12. The highest BCUT2D eigenvalue weighted by Gasteiger charge is 2.22. The molecule has 1 amide bonds. The van der Waals surface area contributed by atoms with Crippen molar-refractivity contribution in [2.24, 2.45) is 0 Å². The van der Waals surface area contributed by atoms with Crippen molar-refractivity contribution in [2.75, 3.05) is 25.1 Å². The molecule has 6 nitrogen and oxygen atoms in total. The van der Waals surface area contributed by atoms with Crippen LogP contribution in [-0.4, -0.2) is 41.9 Å². The van der Waals surface area contributed by atoms with E-state index in [9.17, 15) is 4.79 Å². The predicted octanol–water partition coefficient (Wildman–Crippen LogP) is 2.13. The second kappa shape index (κ2) is 8.56. The maximum Gasteiger partial charge on any atom is 0.245 e. The zero-order valence-electron chi connectivity index (χ0n) is 12.1. The van der Waals surface area contributed by atoms with Gasteiger partial charge in [0.05, 0.1) is 13.2 Å². The summed E-state index contributed by atoms with van der Waals surface area (Å²) in [5, 5.41) is 16.0. The predicted molar refractivity (Wildman–Crippen MR) is 92.7 cm³/mol. The Balaban J connectivity index is 0.00000192. The van der Waals surface area contributed by atoms with Gasteiger partial charge in [0.2, 0.25) is 11.0 Å². The van der Waals surface area contributed by atoms with Crippen molar-refractivity contribution >= 4 is 46.4 Å². The molecule has 2 aromatic rings. The first-order valence-electron chi connectivity index (χ1n) is 6.89. The molecular weight excluding hydrogens is 359 g/mol. The summed E-state index contributed by atoms with van der Waals surface area (Å²) < 4.78 is 5.27. The lowest BCUT2D eigenvalue weighted by Crippen LogP contribution is -2.48. The highest BCUT2D eigenvalue weighted by Crippen LogP contribution is 2.20. The Bertz CT molecular complexity index is 662. The fourth-order valence-corrected chi connectivity index (χ4v) is 3.11. The van der Waals surface area contributed by atoms with Crippen LogP contribution in [0.4, 0.5) is 5.13 Å². The SMILES string of the molecule is Cl.O=C(Nc1nnc(Cc2cccc(Cl)c2)s1)C1COCCN1. The average Bonchev–Trinajstić information content (AvgIpc) is 2.95. The summed E-state index contributed by atoms with van der Waals surface area (Å²) in [6.07, 6.45) is 0.638. The molecular formula is C14H16Cl2N4O2S. The lowest BCUT2D eigenvalue weighted by molar-refractivity contribution is -0.120. The van der Waals surface area contributed by atoms with Gasteiger partial charge in [0, 0.05) is 18.0 Å². The number of rotatable bonds is 4. The van der Waals surface area contributed by atoms with Gasteiger partial charge in [-0.3, -0.25) is 10.1 Å². The molecule has 0 bridgehead atoms. The summed E-state index contributed by atoms with van der Waals surface area (Å²) in [5.41, 5.74) is 1.06. The lowest BCUT2D eigenvalue weighted by atomic mass is 10.2. The van der Waals surface area contributed by atoms with Gasteiger partial charge in [0.1, 0.15) is 11.0 Å². The van der Waals surface area contributed by atoms with E-state index in [1.54, 1.807) is 0 Å². The Hall–Kier alpha value is -1.25. The Morgan fingerprint density at radius 1 is 1.48 bits per heavy atom. The summed E-state index contributed by atoms with van der Waals surface area (Å²) >= 11 is 7.32. The van der Waals surface area contributed by atoms with Gasteiger partial charge in [-0.2, -0.15) is 0 Å². The van der Waals surface area contributed by atoms with Crippen molar-refractivity contribution in [1.82, 2.24) is 15.5 Å². The minimum Gasteiger partial charge on any atom is -0.378 e. The number of hydrogen-bond donors (Lipinski definition) is 2. The van der Waals surface area contributed by atoms with Crippen LogP contribution in [0.25, 0.3) is 0 Å². The Morgan fingerprint density at radius 2 is 2.35 bits per heavy atom. The van der Waals surface area contributed by atoms with Crippen LogP contribution in [0.3, 0.4) is 0 Å². The molecule has 2 N–H and O–H groups in total. The molecule has 1 atom stereocenters. The summed E-state index contributed by atoms with van der Waals surface area (Å²) in [6.45, 7) is 1.68. The maximum atomic E-state index is 12.0. The second-order valence-electron chi connectivity index (χ2n) is 4.88. The summed E-state index contributed by atoms with van der Waals surface area (Å²) in [7, 11) is 0. The Kier molecular flexibility index (Phi) is 6.73. The zero-order chi connectivity index (χ0) is 15.4. The molecule has 2 heterocycles. The third-order valence-electron chi connectivity index (χ3n) is 3.18. The largest absolute Gasteiger partial charge is 0.378 e. The van der Waals surface area contributed by atoms with E-state index < -0.39 is 0 Å². The van der Waals surface area contributed by atoms with Gasteiger partial charge in [-0.25, -0.2) is 0 Å². The standard InChI is InChI=1S/C14H15ClN4O2S.ClH/c15-10-3-1-2-9(6-10)7-12-18-19-14(22-12)17-13(20)11-8-21-5-4-16-11;/h1-3,6,11,16H,4-5,7-8H2,(H,17,19,20);1H. The Morgan fingerprint density at radius 3 is 3.09 bits per heavy atom. The van der Waals surface area contributed by atoms with Crippen molar-refractivity contribution in [1.29, 1.82) is 0 Å². The summed E-state index contributed by atoms with van der Waals surface area (Å²) in [5.74, 6) is -0.148. The van der Waals surface area contributed by atoms with E-state index in [1.807, 2.05) is 24.3 Å². The number of halogens is 2. The number of hydrogen-bond acceptors (Lipinski definition) is 6. The molecule has 1 aromatic carbocycles. The molecule has 0 aliphatic carbocycles. The molecule has 1 saturated heterocycles. The van der Waals surface area contributed by atoms with Crippen LogP contribution >= 0.6 is 35.3 Å². The minimum absolute atomic E-state index is 0. The van der Waals surface area contributed by atoms with Crippen LogP contribution < -0.4 is 10.6 Å². The normalized spacial score (nSPS) is 17.3. The van der Waals surface area contributed by atoms with Crippen molar-refractivity contribution in [2.45, 2.75) is 12.5 Å². The van der Waals surface area contributed by atoms with Crippen LogP contribution in [0.1, 0.15) is 10.6 Å². The van der Waals surface area contributed by atoms with E-state index >= 15 is 0 Å². The van der Waals surface area contributed by atoms with Gasteiger partial charge in [0.15, 0.2) is 0 Å². The van der Waals surface area contributed by atoms with Crippen molar-refractivity contribution < 1.29 is 9.53 Å². The second-order valence-corrected chi connectivity index (χ2v) is 6.38. The average molecular weight is 375 g/mol. The van der Waals surface area contributed by atoms with E-state index in [4.69, 9.17) is 16.3 Å². The molecule has 1 fully saturated rings. The number of carbonyl (C=O) groups is 1. The number of anilines is 1. The topological polar surface area (TPSA) is 76.1 Å². The molecule has 1 unspecified atom stereocenters. The van der Waals surface area contributed by atoms with Crippen LogP contribution in [0.5, 0.6) is 0 Å². The van der Waals surface area contributed by atoms with E-state index in [1.165, 1.54) is 11.3 Å². The fraction of sp³-hybridized carbons (Fsp3) is 0.357. The number of nitrogens with zero attached hydrogens (tertiary/aromatic N) is 2. The third kappa shape index (κ3) is 5.12. The van der Waals surface area contributed by atoms with Crippen LogP contribution in [0, 0.1) is 0 Å². The van der Waals surface area contributed by atoms with Gasteiger partial charge in [-0.15, -0.1) is 22.6 Å². The number of aromatic nitrogens is 2. The summed E-state index contributed by atoms with van der Waals surface area (Å²) in [6, 6.07) is 7.26. The summed E-state index contributed by atoms with van der Waals surface area (Å²) in [4.78, 5) is 12.0. The molecule has 1 aliphatic heterocycles. The molecule has 124 valence electrons. The molecule has 0 radical (unpaired) electrons. The van der Waals surface area contributed by atoms with Crippen molar-refractivity contribution in [3.63, 3.8) is 0 Å². The quantitative estimate of drug-likeness (QED) is 0.856. The van der Waals surface area contributed by atoms with E-state index in [2.05, 4.69) is 20.8 Å². The molecule has 23 heavy (non-hydrogen) atoms. The van der Waals surface area contributed by atoms with E-state index in [0.29, 0.717) is 36.3 Å². The smallest absolute Gasteiger partial charge is 0.245 e. The zero-order valence-corrected chi connectivity index (χ0v) is 14.5. The molecule has 3 rings (SSSR count). The number of benzene rings is 1. The van der Waals surface area contributed by atoms with E-state index in [-0.39, 0.29) is 24.4 Å². The van der Waals surface area contributed by atoms with Crippen molar-refractivity contribution in [3.8, 4) is 0 Å². The third-order valence-corrected chi connectivity index (χ3v) is 4.25. The lowest BCUT2D eigenvalue weighted by Gasteiger charge is -2.22. The van der Waals surface area contributed by atoms with Gasteiger partial charge < -0.3 is 10.1 Å². The number of morpholine rings is 1. The monoisotopic (exact) mass is 374 g/mol. The minimum atomic E-state index is -0.339. The first kappa shape index (κ1) is 18.1. The highest BCUT2D eigenvalue weighted by molar-refractivity contribution is 7.15. The molecule has 1 aliphatic rings. The number of carbonyl (C=O) groups excluding carboxylic acids is 1.